The number of nitrogens with one attached hydrogen (secondary N) is 1. The fraction of sp³-hybridized carbons (Fsp3) is 1.00. The highest BCUT2D eigenvalue weighted by atomic mass is 16.3. The third-order valence-electron chi connectivity index (χ3n) is 4.77. The Labute approximate surface area is 111 Å². The second-order valence-electron chi connectivity index (χ2n) is 6.22. The lowest BCUT2D eigenvalue weighted by molar-refractivity contribution is 0.0643. The second kappa shape index (κ2) is 6.33. The van der Waals surface area contributed by atoms with Crippen LogP contribution in [-0.2, 0) is 0 Å². The lowest BCUT2D eigenvalue weighted by atomic mass is 10.0. The maximum atomic E-state index is 9.44. The molecular formula is C14H29N3O. The van der Waals surface area contributed by atoms with Crippen LogP contribution in [0.3, 0.4) is 0 Å². The summed E-state index contributed by atoms with van der Waals surface area (Å²) >= 11 is 0. The smallest absolute Gasteiger partial charge is 0.0623 e. The van der Waals surface area contributed by atoms with Gasteiger partial charge in [0, 0.05) is 38.8 Å². The Morgan fingerprint density at radius 3 is 2.28 bits per heavy atom. The molecule has 0 aromatic heterocycles. The summed E-state index contributed by atoms with van der Waals surface area (Å²) in [5, 5.41) is 12.7. The predicted octanol–water partition coefficient (Wildman–Crippen LogP) is 0.517. The van der Waals surface area contributed by atoms with E-state index in [2.05, 4.69) is 22.0 Å². The quantitative estimate of drug-likeness (QED) is 0.751. The minimum Gasteiger partial charge on any atom is -0.394 e. The van der Waals surface area contributed by atoms with E-state index in [0.717, 1.165) is 25.7 Å². The summed E-state index contributed by atoms with van der Waals surface area (Å²) in [6.45, 7) is 7.94. The number of likely N-dealkylation sites (N-methyl/N-ethyl adjacent to an activating group) is 1. The van der Waals surface area contributed by atoms with Crippen molar-refractivity contribution < 1.29 is 5.11 Å². The standard InChI is InChI=1S/C14H29N3O/c1-14(12-18,15-2)11-16-7-9-17(10-8-16)13-5-3-4-6-13/h13,15,18H,3-12H2,1-2H3. The molecule has 1 aliphatic heterocycles. The number of aliphatic hydroxyl groups is 1. The average Bonchev–Trinajstić information content (AvgIpc) is 2.93. The molecule has 0 aromatic rings. The monoisotopic (exact) mass is 255 g/mol. The van der Waals surface area contributed by atoms with Crippen LogP contribution in [0.15, 0.2) is 0 Å². The molecule has 1 heterocycles. The molecule has 0 radical (unpaired) electrons. The fourth-order valence-electron chi connectivity index (χ4n) is 3.26. The van der Waals surface area contributed by atoms with Gasteiger partial charge in [0.25, 0.3) is 0 Å². The first kappa shape index (κ1) is 14.3. The molecule has 1 aliphatic carbocycles. The van der Waals surface area contributed by atoms with Crippen molar-refractivity contribution >= 4 is 0 Å². The van der Waals surface area contributed by atoms with E-state index < -0.39 is 0 Å². The Balaban J connectivity index is 1.76. The van der Waals surface area contributed by atoms with Crippen LogP contribution in [0.25, 0.3) is 0 Å². The fourth-order valence-corrected chi connectivity index (χ4v) is 3.26. The summed E-state index contributed by atoms with van der Waals surface area (Å²) in [4.78, 5) is 5.16. The van der Waals surface area contributed by atoms with E-state index in [9.17, 15) is 5.11 Å². The van der Waals surface area contributed by atoms with Crippen LogP contribution in [0.4, 0.5) is 0 Å². The first-order chi connectivity index (χ1) is 8.67. The average molecular weight is 255 g/mol. The van der Waals surface area contributed by atoms with Gasteiger partial charge in [-0.15, -0.1) is 0 Å². The van der Waals surface area contributed by atoms with Crippen molar-refractivity contribution in [1.82, 2.24) is 15.1 Å². The molecule has 1 saturated carbocycles. The van der Waals surface area contributed by atoms with Gasteiger partial charge in [-0.3, -0.25) is 9.80 Å². The van der Waals surface area contributed by atoms with Crippen LogP contribution in [0.2, 0.25) is 0 Å². The van der Waals surface area contributed by atoms with Crippen LogP contribution < -0.4 is 5.32 Å². The molecule has 4 heteroatoms. The van der Waals surface area contributed by atoms with E-state index in [1.165, 1.54) is 38.8 Å². The Hall–Kier alpha value is -0.160. The van der Waals surface area contributed by atoms with Crippen LogP contribution in [0.1, 0.15) is 32.6 Å². The van der Waals surface area contributed by atoms with Crippen molar-refractivity contribution in [2.75, 3.05) is 46.4 Å². The predicted molar refractivity (Wildman–Crippen MR) is 74.8 cm³/mol. The van der Waals surface area contributed by atoms with E-state index in [1.807, 2.05) is 7.05 Å². The number of rotatable bonds is 5. The van der Waals surface area contributed by atoms with Crippen molar-refractivity contribution in [2.45, 2.75) is 44.2 Å². The van der Waals surface area contributed by atoms with E-state index in [-0.39, 0.29) is 12.1 Å². The topological polar surface area (TPSA) is 38.7 Å². The van der Waals surface area contributed by atoms with Crippen molar-refractivity contribution in [1.29, 1.82) is 0 Å². The SMILES string of the molecule is CNC(C)(CO)CN1CCN(C2CCCC2)CC1. The zero-order valence-corrected chi connectivity index (χ0v) is 12.0. The first-order valence-electron chi connectivity index (χ1n) is 7.43. The maximum absolute atomic E-state index is 9.44. The van der Waals surface area contributed by atoms with E-state index in [0.29, 0.717) is 0 Å². The highest BCUT2D eigenvalue weighted by molar-refractivity contribution is 4.88. The van der Waals surface area contributed by atoms with Crippen LogP contribution in [0.5, 0.6) is 0 Å². The van der Waals surface area contributed by atoms with Gasteiger partial charge < -0.3 is 10.4 Å². The number of nitrogens with zero attached hydrogens (tertiary/aromatic N) is 2. The minimum atomic E-state index is -0.157. The molecule has 0 amide bonds. The summed E-state index contributed by atoms with van der Waals surface area (Å²) in [5.74, 6) is 0. The van der Waals surface area contributed by atoms with Crippen molar-refractivity contribution in [3.8, 4) is 0 Å². The van der Waals surface area contributed by atoms with Gasteiger partial charge in [-0.05, 0) is 26.8 Å². The molecule has 106 valence electrons. The molecule has 1 saturated heterocycles. The number of hydrogen-bond donors (Lipinski definition) is 2. The third kappa shape index (κ3) is 3.44. The van der Waals surface area contributed by atoms with Crippen LogP contribution >= 0.6 is 0 Å². The van der Waals surface area contributed by atoms with Gasteiger partial charge in [0.05, 0.1) is 12.1 Å². The molecule has 2 aliphatic rings. The Morgan fingerprint density at radius 1 is 1.17 bits per heavy atom. The Morgan fingerprint density at radius 2 is 1.78 bits per heavy atom. The van der Waals surface area contributed by atoms with E-state index in [1.54, 1.807) is 0 Å². The van der Waals surface area contributed by atoms with Gasteiger partial charge in [-0.1, -0.05) is 12.8 Å². The molecule has 18 heavy (non-hydrogen) atoms. The summed E-state index contributed by atoms with van der Waals surface area (Å²) in [6, 6.07) is 0.862. The molecule has 0 spiro atoms. The van der Waals surface area contributed by atoms with Gasteiger partial charge in [0.2, 0.25) is 0 Å². The normalized spacial score (nSPS) is 27.5. The van der Waals surface area contributed by atoms with Gasteiger partial charge in [0.1, 0.15) is 0 Å². The van der Waals surface area contributed by atoms with Crippen molar-refractivity contribution in [3.63, 3.8) is 0 Å². The van der Waals surface area contributed by atoms with E-state index in [4.69, 9.17) is 0 Å². The molecule has 4 nitrogen and oxygen atoms in total. The maximum Gasteiger partial charge on any atom is 0.0623 e. The molecular weight excluding hydrogens is 226 g/mol. The van der Waals surface area contributed by atoms with Crippen LogP contribution in [0, 0.1) is 0 Å². The number of piperazine rings is 1. The van der Waals surface area contributed by atoms with Crippen molar-refractivity contribution in [2.24, 2.45) is 0 Å². The molecule has 2 fully saturated rings. The molecule has 0 bridgehead atoms. The lowest BCUT2D eigenvalue weighted by Gasteiger charge is -2.41. The lowest BCUT2D eigenvalue weighted by Crippen LogP contribution is -2.57. The second-order valence-corrected chi connectivity index (χ2v) is 6.22. The summed E-state index contributed by atoms with van der Waals surface area (Å²) in [5.41, 5.74) is -0.157. The molecule has 1 unspecified atom stereocenters. The Bertz CT molecular complexity index is 241. The summed E-state index contributed by atoms with van der Waals surface area (Å²) in [6.07, 6.45) is 5.66. The molecule has 0 aromatic carbocycles. The minimum absolute atomic E-state index is 0.157. The third-order valence-corrected chi connectivity index (χ3v) is 4.77. The molecule has 1 atom stereocenters. The summed E-state index contributed by atoms with van der Waals surface area (Å²) in [7, 11) is 1.94. The zero-order chi connectivity index (χ0) is 13.0. The van der Waals surface area contributed by atoms with Crippen LogP contribution in [-0.4, -0.2) is 72.9 Å². The molecule has 2 rings (SSSR count). The highest BCUT2D eigenvalue weighted by Gasteiger charge is 2.29. The van der Waals surface area contributed by atoms with Gasteiger partial charge in [-0.25, -0.2) is 0 Å². The first-order valence-corrected chi connectivity index (χ1v) is 7.43. The van der Waals surface area contributed by atoms with Crippen molar-refractivity contribution in [3.05, 3.63) is 0 Å². The van der Waals surface area contributed by atoms with Gasteiger partial charge in [-0.2, -0.15) is 0 Å². The zero-order valence-electron chi connectivity index (χ0n) is 12.0. The largest absolute Gasteiger partial charge is 0.394 e. The highest BCUT2D eigenvalue weighted by Crippen LogP contribution is 2.24. The van der Waals surface area contributed by atoms with E-state index >= 15 is 0 Å². The Kier molecular flexibility index (Phi) is 5.01. The number of aliphatic hydroxyl groups excluding tert-OH is 1. The van der Waals surface area contributed by atoms with Gasteiger partial charge >= 0.3 is 0 Å². The molecule has 2 N–H and O–H groups in total. The number of hydrogen-bond acceptors (Lipinski definition) is 4. The summed E-state index contributed by atoms with van der Waals surface area (Å²) < 4.78 is 0. The van der Waals surface area contributed by atoms with Gasteiger partial charge in [0.15, 0.2) is 0 Å².